The van der Waals surface area contributed by atoms with E-state index in [2.05, 4.69) is 0 Å². The number of aryl methyl sites for hydroxylation is 1. The first kappa shape index (κ1) is 21.8. The molecule has 1 amide bonds. The number of aromatic nitrogens is 1. The van der Waals surface area contributed by atoms with Gasteiger partial charge in [0.1, 0.15) is 6.10 Å². The van der Waals surface area contributed by atoms with Gasteiger partial charge in [-0.15, -0.1) is 0 Å². The van der Waals surface area contributed by atoms with Gasteiger partial charge in [-0.3, -0.25) is 9.78 Å². The van der Waals surface area contributed by atoms with Gasteiger partial charge < -0.3 is 9.64 Å². The number of alkyl halides is 3. The molecule has 7 heteroatoms. The Morgan fingerprint density at radius 1 is 1.13 bits per heavy atom. The van der Waals surface area contributed by atoms with Gasteiger partial charge in [0, 0.05) is 37.0 Å². The van der Waals surface area contributed by atoms with Crippen LogP contribution < -0.4 is 0 Å². The first-order valence-corrected chi connectivity index (χ1v) is 10.8. The van der Waals surface area contributed by atoms with Crippen LogP contribution in [0.3, 0.4) is 0 Å². The zero-order valence-electron chi connectivity index (χ0n) is 17.6. The third-order valence-electron chi connectivity index (χ3n) is 6.13. The summed E-state index contributed by atoms with van der Waals surface area (Å²) in [7, 11) is 0. The maximum absolute atomic E-state index is 13.0. The molecule has 1 aromatic carbocycles. The summed E-state index contributed by atoms with van der Waals surface area (Å²) in [6, 6.07) is 9.42. The predicted octanol–water partition coefficient (Wildman–Crippen LogP) is 4.88. The predicted molar refractivity (Wildman–Crippen MR) is 111 cm³/mol. The van der Waals surface area contributed by atoms with Crippen molar-refractivity contribution < 1.29 is 22.7 Å². The van der Waals surface area contributed by atoms with Crippen LogP contribution in [0.5, 0.6) is 0 Å². The average molecular weight is 432 g/mol. The van der Waals surface area contributed by atoms with Gasteiger partial charge in [0.25, 0.3) is 5.91 Å². The topological polar surface area (TPSA) is 42.4 Å². The van der Waals surface area contributed by atoms with E-state index in [1.165, 1.54) is 12.1 Å². The van der Waals surface area contributed by atoms with Crippen molar-refractivity contribution in [2.75, 3.05) is 19.7 Å². The van der Waals surface area contributed by atoms with Gasteiger partial charge >= 0.3 is 6.18 Å². The SMILES string of the molecule is Cc1cc(Cc2cccc(C(F)(F)F)c2)cc(C2CCN(C(=O)C3CCCO3)CC2)n1. The first-order chi connectivity index (χ1) is 14.8. The first-order valence-electron chi connectivity index (χ1n) is 10.8. The highest BCUT2D eigenvalue weighted by Gasteiger charge is 2.32. The lowest BCUT2D eigenvalue weighted by Gasteiger charge is -2.33. The number of amides is 1. The molecule has 1 atom stereocenters. The van der Waals surface area contributed by atoms with Crippen molar-refractivity contribution >= 4 is 5.91 Å². The molecule has 166 valence electrons. The number of likely N-dealkylation sites (tertiary alicyclic amines) is 1. The molecular formula is C24H27F3N2O2. The van der Waals surface area contributed by atoms with Gasteiger partial charge in [0.2, 0.25) is 0 Å². The van der Waals surface area contributed by atoms with Gasteiger partial charge in [-0.2, -0.15) is 13.2 Å². The smallest absolute Gasteiger partial charge is 0.368 e. The summed E-state index contributed by atoms with van der Waals surface area (Å²) in [5.74, 6) is 0.340. The Kier molecular flexibility index (Phi) is 6.32. The fourth-order valence-corrected chi connectivity index (χ4v) is 4.54. The number of hydrogen-bond acceptors (Lipinski definition) is 3. The molecule has 2 aromatic rings. The molecule has 2 saturated heterocycles. The van der Waals surface area contributed by atoms with Gasteiger partial charge in [-0.05, 0) is 68.4 Å². The minimum absolute atomic E-state index is 0.0957. The third kappa shape index (κ3) is 5.26. The Labute approximate surface area is 180 Å². The van der Waals surface area contributed by atoms with Gasteiger partial charge in [-0.25, -0.2) is 0 Å². The number of ether oxygens (including phenoxy) is 1. The Morgan fingerprint density at radius 3 is 2.58 bits per heavy atom. The normalized spacial score (nSPS) is 20.3. The summed E-state index contributed by atoms with van der Waals surface area (Å²) in [4.78, 5) is 19.1. The molecule has 0 aliphatic carbocycles. The maximum atomic E-state index is 13.0. The van der Waals surface area contributed by atoms with Crippen LogP contribution in [-0.4, -0.2) is 41.6 Å². The van der Waals surface area contributed by atoms with Crippen LogP contribution in [-0.2, 0) is 22.1 Å². The minimum Gasteiger partial charge on any atom is -0.368 e. The number of rotatable bonds is 4. The van der Waals surface area contributed by atoms with E-state index in [-0.39, 0.29) is 17.9 Å². The lowest BCUT2D eigenvalue weighted by molar-refractivity contribution is -0.142. The van der Waals surface area contributed by atoms with E-state index in [0.29, 0.717) is 31.7 Å². The lowest BCUT2D eigenvalue weighted by Crippen LogP contribution is -2.43. The highest BCUT2D eigenvalue weighted by molar-refractivity contribution is 5.81. The van der Waals surface area contributed by atoms with Gasteiger partial charge in [0.05, 0.1) is 5.56 Å². The van der Waals surface area contributed by atoms with Crippen LogP contribution in [0.4, 0.5) is 13.2 Å². The molecular weight excluding hydrogens is 405 g/mol. The summed E-state index contributed by atoms with van der Waals surface area (Å²) >= 11 is 0. The second kappa shape index (κ2) is 8.99. The van der Waals surface area contributed by atoms with Crippen molar-refractivity contribution in [3.05, 3.63) is 64.5 Å². The van der Waals surface area contributed by atoms with Crippen molar-refractivity contribution in [3.8, 4) is 0 Å². The van der Waals surface area contributed by atoms with Crippen molar-refractivity contribution in [2.45, 2.75) is 57.2 Å². The third-order valence-corrected chi connectivity index (χ3v) is 6.13. The number of carbonyl (C=O) groups excluding carboxylic acids is 1. The molecule has 0 spiro atoms. The van der Waals surface area contributed by atoms with E-state index >= 15 is 0 Å². The van der Waals surface area contributed by atoms with E-state index < -0.39 is 11.7 Å². The monoisotopic (exact) mass is 432 g/mol. The lowest BCUT2D eigenvalue weighted by atomic mass is 9.91. The second-order valence-electron chi connectivity index (χ2n) is 8.52. The molecule has 31 heavy (non-hydrogen) atoms. The maximum Gasteiger partial charge on any atom is 0.416 e. The second-order valence-corrected chi connectivity index (χ2v) is 8.52. The largest absolute Gasteiger partial charge is 0.416 e. The number of benzene rings is 1. The fraction of sp³-hybridized carbons (Fsp3) is 0.500. The number of pyridine rings is 1. The van der Waals surface area contributed by atoms with Crippen LogP contribution in [0.15, 0.2) is 36.4 Å². The van der Waals surface area contributed by atoms with E-state index in [9.17, 15) is 18.0 Å². The van der Waals surface area contributed by atoms with Crippen LogP contribution in [0.1, 0.15) is 59.7 Å². The summed E-state index contributed by atoms with van der Waals surface area (Å²) in [6.45, 7) is 3.94. The zero-order valence-corrected chi connectivity index (χ0v) is 17.6. The molecule has 1 unspecified atom stereocenters. The Balaban J connectivity index is 1.43. The number of piperidine rings is 1. The van der Waals surface area contributed by atoms with Crippen LogP contribution in [0.2, 0.25) is 0 Å². The van der Waals surface area contributed by atoms with E-state index in [4.69, 9.17) is 9.72 Å². The fourth-order valence-electron chi connectivity index (χ4n) is 4.54. The summed E-state index contributed by atoms with van der Waals surface area (Å²) in [5.41, 5.74) is 2.78. The van der Waals surface area contributed by atoms with Crippen LogP contribution in [0.25, 0.3) is 0 Å². The Hall–Kier alpha value is -2.41. The highest BCUT2D eigenvalue weighted by atomic mass is 19.4. The molecule has 0 N–H and O–H groups in total. The Bertz CT molecular complexity index is 931. The number of hydrogen-bond donors (Lipinski definition) is 0. The average Bonchev–Trinajstić information content (AvgIpc) is 3.27. The van der Waals surface area contributed by atoms with Crippen LogP contribution in [0, 0.1) is 6.92 Å². The van der Waals surface area contributed by atoms with Crippen molar-refractivity contribution in [2.24, 2.45) is 0 Å². The molecule has 2 aliphatic heterocycles. The minimum atomic E-state index is -4.34. The molecule has 2 fully saturated rings. The molecule has 0 bridgehead atoms. The molecule has 0 saturated carbocycles. The van der Waals surface area contributed by atoms with Gasteiger partial charge in [-0.1, -0.05) is 18.2 Å². The molecule has 3 heterocycles. The molecule has 4 rings (SSSR count). The van der Waals surface area contributed by atoms with E-state index in [1.807, 2.05) is 24.0 Å². The highest BCUT2D eigenvalue weighted by Crippen LogP contribution is 2.31. The van der Waals surface area contributed by atoms with Crippen LogP contribution >= 0.6 is 0 Å². The number of carbonyl (C=O) groups is 1. The number of nitrogens with zero attached hydrogens (tertiary/aromatic N) is 2. The molecule has 0 radical (unpaired) electrons. The summed E-state index contributed by atoms with van der Waals surface area (Å²) in [5, 5.41) is 0. The molecule has 2 aliphatic rings. The summed E-state index contributed by atoms with van der Waals surface area (Å²) in [6.07, 6.45) is -0.796. The van der Waals surface area contributed by atoms with Crippen molar-refractivity contribution in [1.29, 1.82) is 0 Å². The van der Waals surface area contributed by atoms with Crippen molar-refractivity contribution in [3.63, 3.8) is 0 Å². The van der Waals surface area contributed by atoms with Gasteiger partial charge in [0.15, 0.2) is 0 Å². The standard InChI is InChI=1S/C24H27F3N2O2/c1-16-12-18(13-17-4-2-5-20(14-17)24(25,26)27)15-21(28-16)19-7-9-29(10-8-19)23(30)22-6-3-11-31-22/h2,4-5,12,14-15,19,22H,3,6-11,13H2,1H3. The van der Waals surface area contributed by atoms with Crippen molar-refractivity contribution in [1.82, 2.24) is 9.88 Å². The molecule has 4 nitrogen and oxygen atoms in total. The summed E-state index contributed by atoms with van der Waals surface area (Å²) < 4.78 is 44.6. The number of halogens is 3. The van der Waals surface area contributed by atoms with E-state index in [0.717, 1.165) is 48.7 Å². The quantitative estimate of drug-likeness (QED) is 0.691. The zero-order chi connectivity index (χ0) is 22.0. The molecule has 1 aromatic heterocycles. The van der Waals surface area contributed by atoms with E-state index in [1.54, 1.807) is 6.07 Å². The Morgan fingerprint density at radius 2 is 1.90 bits per heavy atom.